The number of nitrogens with one attached hydrogen (secondary N) is 1. The lowest BCUT2D eigenvalue weighted by molar-refractivity contribution is -0.140. The summed E-state index contributed by atoms with van der Waals surface area (Å²) in [5, 5.41) is 14.7. The SMILES string of the molecule is Cc1nc(-c2ccc(CCNC(=O)[C@@H]3C[C@H]3C(=O)O)s2)cs1. The fourth-order valence-corrected chi connectivity index (χ4v) is 3.98. The van der Waals surface area contributed by atoms with E-state index in [0.29, 0.717) is 13.0 Å². The summed E-state index contributed by atoms with van der Waals surface area (Å²) in [4.78, 5) is 29.3. The molecule has 3 rings (SSSR count). The van der Waals surface area contributed by atoms with Gasteiger partial charge in [0.1, 0.15) is 0 Å². The van der Waals surface area contributed by atoms with Gasteiger partial charge < -0.3 is 10.4 Å². The molecule has 2 aromatic heterocycles. The van der Waals surface area contributed by atoms with Crippen molar-refractivity contribution in [3.05, 3.63) is 27.4 Å². The van der Waals surface area contributed by atoms with Crippen LogP contribution in [0.25, 0.3) is 10.6 Å². The van der Waals surface area contributed by atoms with Crippen molar-refractivity contribution in [2.45, 2.75) is 19.8 Å². The summed E-state index contributed by atoms with van der Waals surface area (Å²) in [7, 11) is 0. The number of carbonyl (C=O) groups is 2. The maximum atomic E-state index is 11.8. The Morgan fingerprint density at radius 3 is 2.86 bits per heavy atom. The quantitative estimate of drug-likeness (QED) is 0.850. The van der Waals surface area contributed by atoms with Gasteiger partial charge >= 0.3 is 5.97 Å². The van der Waals surface area contributed by atoms with E-state index in [1.807, 2.05) is 12.3 Å². The summed E-state index contributed by atoms with van der Waals surface area (Å²) in [6.07, 6.45) is 1.22. The zero-order chi connectivity index (χ0) is 15.7. The highest BCUT2D eigenvalue weighted by atomic mass is 32.1. The van der Waals surface area contributed by atoms with Crippen LogP contribution in [0, 0.1) is 18.8 Å². The van der Waals surface area contributed by atoms with Gasteiger partial charge in [-0.1, -0.05) is 0 Å². The van der Waals surface area contributed by atoms with Gasteiger partial charge in [-0.2, -0.15) is 0 Å². The first-order valence-electron chi connectivity index (χ1n) is 7.06. The van der Waals surface area contributed by atoms with Gasteiger partial charge in [-0.05, 0) is 31.9 Å². The Labute approximate surface area is 136 Å². The van der Waals surface area contributed by atoms with Crippen LogP contribution < -0.4 is 5.32 Å². The molecule has 0 spiro atoms. The first-order chi connectivity index (χ1) is 10.5. The van der Waals surface area contributed by atoms with E-state index in [-0.39, 0.29) is 11.8 Å². The van der Waals surface area contributed by atoms with Gasteiger partial charge in [0, 0.05) is 16.8 Å². The number of thiophene rings is 1. The third kappa shape index (κ3) is 3.36. The molecule has 2 atom stereocenters. The minimum atomic E-state index is -0.874. The van der Waals surface area contributed by atoms with E-state index in [0.717, 1.165) is 22.0 Å². The molecule has 0 unspecified atom stereocenters. The number of aryl methyl sites for hydroxylation is 1. The number of nitrogens with zero attached hydrogens (tertiary/aromatic N) is 1. The number of hydrogen-bond donors (Lipinski definition) is 2. The van der Waals surface area contributed by atoms with Crippen molar-refractivity contribution in [1.82, 2.24) is 10.3 Å². The number of carbonyl (C=O) groups excluding carboxylic acids is 1. The maximum Gasteiger partial charge on any atom is 0.307 e. The molecule has 1 aliphatic carbocycles. The number of hydrogen-bond acceptors (Lipinski definition) is 5. The van der Waals surface area contributed by atoms with Crippen LogP contribution in [0.5, 0.6) is 0 Å². The molecule has 0 aliphatic heterocycles. The first kappa shape index (κ1) is 15.2. The second kappa shape index (κ2) is 6.18. The van der Waals surface area contributed by atoms with Crippen LogP contribution in [0.3, 0.4) is 0 Å². The van der Waals surface area contributed by atoms with E-state index in [1.165, 1.54) is 4.88 Å². The Morgan fingerprint density at radius 2 is 2.23 bits per heavy atom. The van der Waals surface area contributed by atoms with E-state index < -0.39 is 11.9 Å². The summed E-state index contributed by atoms with van der Waals surface area (Å²) in [5.74, 6) is -1.84. The number of carboxylic acid groups (broad SMARTS) is 1. The Hall–Kier alpha value is -1.73. The molecule has 1 fully saturated rings. The minimum Gasteiger partial charge on any atom is -0.481 e. The molecular formula is C15H16N2O3S2. The lowest BCUT2D eigenvalue weighted by Gasteiger charge is -2.02. The van der Waals surface area contributed by atoms with E-state index in [2.05, 4.69) is 22.4 Å². The van der Waals surface area contributed by atoms with Gasteiger partial charge in [-0.3, -0.25) is 9.59 Å². The van der Waals surface area contributed by atoms with Crippen molar-refractivity contribution in [3.63, 3.8) is 0 Å². The van der Waals surface area contributed by atoms with Crippen LogP contribution in [0.15, 0.2) is 17.5 Å². The average molecular weight is 336 g/mol. The number of aliphatic carboxylic acids is 1. The van der Waals surface area contributed by atoms with Crippen LogP contribution in [0.1, 0.15) is 16.3 Å². The topological polar surface area (TPSA) is 79.3 Å². The number of thiazole rings is 1. The summed E-state index contributed by atoms with van der Waals surface area (Å²) in [5.41, 5.74) is 1.00. The minimum absolute atomic E-state index is 0.140. The van der Waals surface area contributed by atoms with E-state index in [4.69, 9.17) is 5.11 Å². The summed E-state index contributed by atoms with van der Waals surface area (Å²) in [6, 6.07) is 4.11. The Kier molecular flexibility index (Phi) is 4.26. The third-order valence-corrected chi connectivity index (χ3v) is 5.59. The maximum absolute atomic E-state index is 11.8. The normalized spacial score (nSPS) is 19.9. The molecule has 2 aromatic rings. The van der Waals surface area contributed by atoms with Crippen molar-refractivity contribution in [2.24, 2.45) is 11.8 Å². The average Bonchev–Trinajstić information content (AvgIpc) is 2.97. The lowest BCUT2D eigenvalue weighted by atomic mass is 10.3. The zero-order valence-electron chi connectivity index (χ0n) is 12.0. The van der Waals surface area contributed by atoms with Gasteiger partial charge in [0.05, 0.1) is 27.4 Å². The van der Waals surface area contributed by atoms with E-state index in [1.54, 1.807) is 22.7 Å². The number of aromatic nitrogens is 1. The van der Waals surface area contributed by atoms with Crippen LogP contribution >= 0.6 is 22.7 Å². The van der Waals surface area contributed by atoms with E-state index in [9.17, 15) is 9.59 Å². The Morgan fingerprint density at radius 1 is 1.41 bits per heavy atom. The van der Waals surface area contributed by atoms with Crippen LogP contribution in [0.2, 0.25) is 0 Å². The number of amides is 1. The van der Waals surface area contributed by atoms with Gasteiger partial charge in [0.15, 0.2) is 0 Å². The first-order valence-corrected chi connectivity index (χ1v) is 8.76. The molecule has 0 saturated heterocycles. The van der Waals surface area contributed by atoms with Gasteiger partial charge in [0.25, 0.3) is 0 Å². The van der Waals surface area contributed by atoms with E-state index >= 15 is 0 Å². The fraction of sp³-hybridized carbons (Fsp3) is 0.400. The highest BCUT2D eigenvalue weighted by molar-refractivity contribution is 7.16. The van der Waals surface area contributed by atoms with Crippen molar-refractivity contribution < 1.29 is 14.7 Å². The Balaban J connectivity index is 1.48. The molecule has 7 heteroatoms. The molecule has 22 heavy (non-hydrogen) atoms. The fourth-order valence-electron chi connectivity index (χ4n) is 2.32. The molecule has 0 aromatic carbocycles. The van der Waals surface area contributed by atoms with Crippen LogP contribution in [-0.4, -0.2) is 28.5 Å². The molecule has 2 heterocycles. The van der Waals surface area contributed by atoms with Gasteiger partial charge in [-0.25, -0.2) is 4.98 Å². The van der Waals surface area contributed by atoms with Gasteiger partial charge in [0.2, 0.25) is 5.91 Å². The molecule has 2 N–H and O–H groups in total. The third-order valence-electron chi connectivity index (χ3n) is 3.65. The van der Waals surface area contributed by atoms with Crippen LogP contribution in [0.4, 0.5) is 0 Å². The molecule has 0 radical (unpaired) electrons. The molecule has 1 saturated carbocycles. The lowest BCUT2D eigenvalue weighted by Crippen LogP contribution is -2.28. The monoisotopic (exact) mass is 336 g/mol. The molecule has 5 nitrogen and oxygen atoms in total. The molecule has 116 valence electrons. The summed E-state index contributed by atoms with van der Waals surface area (Å²) >= 11 is 3.31. The van der Waals surface area contributed by atoms with Crippen molar-refractivity contribution in [1.29, 1.82) is 0 Å². The standard InChI is InChI=1S/C15H16N2O3S2/c1-8-17-12(7-21-8)13-3-2-9(22-13)4-5-16-14(18)10-6-11(10)15(19)20/h2-3,7,10-11H,4-6H2,1H3,(H,16,18)(H,19,20)/t10-,11-/m1/s1. The second-order valence-corrected chi connectivity index (χ2v) is 7.58. The van der Waals surface area contributed by atoms with Gasteiger partial charge in [-0.15, -0.1) is 22.7 Å². The highest BCUT2D eigenvalue weighted by Crippen LogP contribution is 2.38. The summed E-state index contributed by atoms with van der Waals surface area (Å²) < 4.78 is 0. The Bertz CT molecular complexity index is 707. The largest absolute Gasteiger partial charge is 0.481 e. The van der Waals surface area contributed by atoms with Crippen molar-refractivity contribution in [2.75, 3.05) is 6.54 Å². The predicted molar refractivity (Wildman–Crippen MR) is 86.1 cm³/mol. The number of rotatable bonds is 6. The molecular weight excluding hydrogens is 320 g/mol. The molecule has 1 amide bonds. The molecule has 0 bridgehead atoms. The van der Waals surface area contributed by atoms with Crippen molar-refractivity contribution in [3.8, 4) is 10.6 Å². The summed E-state index contributed by atoms with van der Waals surface area (Å²) in [6.45, 7) is 2.53. The second-order valence-electron chi connectivity index (χ2n) is 5.35. The zero-order valence-corrected chi connectivity index (χ0v) is 13.7. The predicted octanol–water partition coefficient (Wildman–Crippen LogP) is 2.56. The van der Waals surface area contributed by atoms with Crippen LogP contribution in [-0.2, 0) is 16.0 Å². The highest BCUT2D eigenvalue weighted by Gasteiger charge is 2.48. The number of carboxylic acids is 1. The van der Waals surface area contributed by atoms with Crippen molar-refractivity contribution >= 4 is 34.6 Å². The molecule has 1 aliphatic rings. The smallest absolute Gasteiger partial charge is 0.307 e.